The molecule has 5 heteroatoms. The van der Waals surface area contributed by atoms with Crippen molar-refractivity contribution in [2.75, 3.05) is 5.21 Å². The molecule has 0 saturated carbocycles. The summed E-state index contributed by atoms with van der Waals surface area (Å²) in [5.74, 6) is 0. The van der Waals surface area contributed by atoms with E-state index in [-0.39, 0.29) is 11.3 Å². The number of sulfonamides is 1. The summed E-state index contributed by atoms with van der Waals surface area (Å²) in [7, 11) is -3.24. The highest BCUT2D eigenvalue weighted by atomic mass is 35.5. The van der Waals surface area contributed by atoms with Crippen molar-refractivity contribution in [2.45, 2.75) is 45.6 Å². The van der Waals surface area contributed by atoms with Crippen LogP contribution in [-0.4, -0.2) is 19.7 Å². The Morgan fingerprint density at radius 2 is 2.00 bits per heavy atom. The number of halogens is 1. The Morgan fingerprint density at radius 1 is 1.38 bits per heavy atom. The molecular weight excluding hydrogens is 210 g/mol. The second kappa shape index (κ2) is 6.62. The van der Waals surface area contributed by atoms with Crippen molar-refractivity contribution in [3.63, 3.8) is 0 Å². The topological polar surface area (TPSA) is 46.2 Å². The molecule has 0 radical (unpaired) electrons. The SMILES string of the molecule is CCCCCC(C)NS(=O)(=O)CCl. The van der Waals surface area contributed by atoms with E-state index in [4.69, 9.17) is 11.6 Å². The minimum Gasteiger partial charge on any atom is -0.211 e. The monoisotopic (exact) mass is 227 g/mol. The van der Waals surface area contributed by atoms with Crippen molar-refractivity contribution >= 4 is 21.6 Å². The van der Waals surface area contributed by atoms with E-state index < -0.39 is 10.0 Å². The van der Waals surface area contributed by atoms with Gasteiger partial charge in [-0.3, -0.25) is 0 Å². The Bertz CT molecular complexity index is 216. The smallest absolute Gasteiger partial charge is 0.211 e. The largest absolute Gasteiger partial charge is 0.225 e. The quantitative estimate of drug-likeness (QED) is 0.535. The van der Waals surface area contributed by atoms with Gasteiger partial charge in [0.25, 0.3) is 0 Å². The highest BCUT2D eigenvalue weighted by Crippen LogP contribution is 2.04. The first kappa shape index (κ1) is 13.2. The Kier molecular flexibility index (Phi) is 6.73. The van der Waals surface area contributed by atoms with Crippen LogP contribution in [0.5, 0.6) is 0 Å². The molecule has 0 fully saturated rings. The Balaban J connectivity index is 3.68. The minimum atomic E-state index is -3.24. The van der Waals surface area contributed by atoms with Crippen molar-refractivity contribution in [1.82, 2.24) is 4.72 Å². The second-order valence-electron chi connectivity index (χ2n) is 3.24. The fraction of sp³-hybridized carbons (Fsp3) is 1.00. The zero-order valence-corrected chi connectivity index (χ0v) is 9.79. The van der Waals surface area contributed by atoms with E-state index in [0.717, 1.165) is 25.7 Å². The number of nitrogens with one attached hydrogen (secondary N) is 1. The lowest BCUT2D eigenvalue weighted by Crippen LogP contribution is -2.33. The van der Waals surface area contributed by atoms with Gasteiger partial charge < -0.3 is 0 Å². The molecule has 0 heterocycles. The highest BCUT2D eigenvalue weighted by molar-refractivity contribution is 7.90. The lowest BCUT2D eigenvalue weighted by molar-refractivity contribution is 0.530. The fourth-order valence-electron chi connectivity index (χ4n) is 1.10. The standard InChI is InChI=1S/C8H18ClNO2S/c1-3-4-5-6-8(2)10-13(11,12)7-9/h8,10H,3-7H2,1-2H3. The molecule has 0 aliphatic carbocycles. The van der Waals surface area contributed by atoms with Crippen LogP contribution in [0.4, 0.5) is 0 Å². The molecule has 0 spiro atoms. The number of hydrogen-bond acceptors (Lipinski definition) is 2. The van der Waals surface area contributed by atoms with Crippen LogP contribution in [-0.2, 0) is 10.0 Å². The highest BCUT2D eigenvalue weighted by Gasteiger charge is 2.11. The average molecular weight is 228 g/mol. The molecule has 0 aliphatic heterocycles. The molecule has 0 bridgehead atoms. The summed E-state index contributed by atoms with van der Waals surface area (Å²) >= 11 is 5.25. The summed E-state index contributed by atoms with van der Waals surface area (Å²) in [4.78, 5) is 0. The van der Waals surface area contributed by atoms with Crippen molar-refractivity contribution in [3.8, 4) is 0 Å². The minimum absolute atomic E-state index is 0.00435. The molecule has 0 saturated heterocycles. The van der Waals surface area contributed by atoms with Crippen LogP contribution in [0, 0.1) is 0 Å². The number of unbranched alkanes of at least 4 members (excludes halogenated alkanes) is 2. The van der Waals surface area contributed by atoms with Crippen molar-refractivity contribution in [1.29, 1.82) is 0 Å². The first-order chi connectivity index (χ1) is 6.02. The third-order valence-electron chi connectivity index (χ3n) is 1.77. The number of alkyl halides is 1. The van der Waals surface area contributed by atoms with Gasteiger partial charge in [-0.2, -0.15) is 0 Å². The average Bonchev–Trinajstić information content (AvgIpc) is 2.04. The third-order valence-corrected chi connectivity index (χ3v) is 3.68. The van der Waals surface area contributed by atoms with Gasteiger partial charge >= 0.3 is 0 Å². The molecule has 1 N–H and O–H groups in total. The zero-order chi connectivity index (χ0) is 10.3. The lowest BCUT2D eigenvalue weighted by Gasteiger charge is -2.11. The third kappa shape index (κ3) is 7.28. The fourth-order valence-corrected chi connectivity index (χ4v) is 2.08. The zero-order valence-electron chi connectivity index (χ0n) is 8.22. The molecule has 80 valence electrons. The van der Waals surface area contributed by atoms with Gasteiger partial charge in [0.2, 0.25) is 10.0 Å². The molecule has 1 unspecified atom stereocenters. The van der Waals surface area contributed by atoms with Crippen LogP contribution >= 0.6 is 11.6 Å². The van der Waals surface area contributed by atoms with E-state index in [1.165, 1.54) is 0 Å². The first-order valence-electron chi connectivity index (χ1n) is 4.57. The Hall–Kier alpha value is 0.200. The maximum atomic E-state index is 11.0. The van der Waals surface area contributed by atoms with E-state index in [2.05, 4.69) is 11.6 Å². The van der Waals surface area contributed by atoms with Gasteiger partial charge in [0.1, 0.15) is 5.21 Å². The molecule has 1 atom stereocenters. The van der Waals surface area contributed by atoms with Crippen LogP contribution in [0.25, 0.3) is 0 Å². The van der Waals surface area contributed by atoms with Crippen molar-refractivity contribution < 1.29 is 8.42 Å². The summed E-state index contributed by atoms with van der Waals surface area (Å²) in [6.07, 6.45) is 4.23. The summed E-state index contributed by atoms with van der Waals surface area (Å²) in [6, 6.07) is -0.00435. The molecule has 0 aromatic rings. The van der Waals surface area contributed by atoms with E-state index in [1.54, 1.807) is 0 Å². The Morgan fingerprint density at radius 3 is 2.46 bits per heavy atom. The van der Waals surface area contributed by atoms with E-state index in [0.29, 0.717) is 0 Å². The van der Waals surface area contributed by atoms with Crippen LogP contribution in [0.15, 0.2) is 0 Å². The molecule has 0 aliphatic rings. The summed E-state index contributed by atoms with van der Waals surface area (Å²) in [5.41, 5.74) is 0. The summed E-state index contributed by atoms with van der Waals surface area (Å²) < 4.78 is 24.5. The Labute approximate surface area is 85.9 Å². The summed E-state index contributed by atoms with van der Waals surface area (Å²) in [6.45, 7) is 3.98. The van der Waals surface area contributed by atoms with Crippen molar-refractivity contribution in [3.05, 3.63) is 0 Å². The van der Waals surface area contributed by atoms with Crippen LogP contribution in [0.2, 0.25) is 0 Å². The molecule has 0 amide bonds. The van der Waals surface area contributed by atoms with Gasteiger partial charge in [0, 0.05) is 6.04 Å². The van der Waals surface area contributed by atoms with Gasteiger partial charge in [0.15, 0.2) is 0 Å². The number of rotatable bonds is 7. The molecule has 3 nitrogen and oxygen atoms in total. The van der Waals surface area contributed by atoms with Crippen molar-refractivity contribution in [2.24, 2.45) is 0 Å². The van der Waals surface area contributed by atoms with Gasteiger partial charge in [0.05, 0.1) is 0 Å². The predicted molar refractivity (Wildman–Crippen MR) is 56.4 cm³/mol. The molecular formula is C8H18ClNO2S. The van der Waals surface area contributed by atoms with Gasteiger partial charge in [-0.15, -0.1) is 11.6 Å². The molecule has 0 rings (SSSR count). The van der Waals surface area contributed by atoms with E-state index in [1.807, 2.05) is 6.92 Å². The van der Waals surface area contributed by atoms with E-state index >= 15 is 0 Å². The van der Waals surface area contributed by atoms with Gasteiger partial charge in [-0.1, -0.05) is 26.2 Å². The summed E-state index contributed by atoms with van der Waals surface area (Å²) in [5, 5.41) is -0.356. The molecule has 0 aromatic carbocycles. The molecule has 0 aromatic heterocycles. The number of hydrogen-bond donors (Lipinski definition) is 1. The van der Waals surface area contributed by atoms with Crippen LogP contribution in [0.3, 0.4) is 0 Å². The van der Waals surface area contributed by atoms with Crippen LogP contribution in [0.1, 0.15) is 39.5 Å². The first-order valence-corrected chi connectivity index (χ1v) is 6.76. The predicted octanol–water partition coefficient (Wildman–Crippen LogP) is 2.07. The lowest BCUT2D eigenvalue weighted by atomic mass is 10.1. The van der Waals surface area contributed by atoms with Crippen LogP contribution < -0.4 is 4.72 Å². The maximum absolute atomic E-state index is 11.0. The second-order valence-corrected chi connectivity index (χ2v) is 5.58. The van der Waals surface area contributed by atoms with E-state index in [9.17, 15) is 8.42 Å². The van der Waals surface area contributed by atoms with Gasteiger partial charge in [-0.25, -0.2) is 13.1 Å². The normalized spacial score (nSPS) is 14.4. The molecule has 13 heavy (non-hydrogen) atoms. The van der Waals surface area contributed by atoms with Gasteiger partial charge in [-0.05, 0) is 13.3 Å². The maximum Gasteiger partial charge on any atom is 0.225 e.